The summed E-state index contributed by atoms with van der Waals surface area (Å²) in [7, 11) is 0. The summed E-state index contributed by atoms with van der Waals surface area (Å²) in [4.78, 5) is 0. The number of halogens is 1. The van der Waals surface area contributed by atoms with E-state index in [0.29, 0.717) is 0 Å². The highest BCUT2D eigenvalue weighted by molar-refractivity contribution is 4.54. The minimum Gasteiger partial charge on any atom is -0.324 e. The Bertz CT molecular complexity index is 244. The lowest BCUT2D eigenvalue weighted by molar-refractivity contribution is -0.929. The number of nitrogens with zero attached hydrogens (tertiary/aromatic N) is 1. The van der Waals surface area contributed by atoms with E-state index >= 15 is 0 Å². The Morgan fingerprint density at radius 1 is 0.300 bits per heavy atom. The van der Waals surface area contributed by atoms with Crippen molar-refractivity contribution in [3.63, 3.8) is 0 Å². The highest BCUT2D eigenvalue weighted by Crippen LogP contribution is 2.20. The van der Waals surface area contributed by atoms with E-state index in [-0.39, 0.29) is 4.70 Å². The lowest BCUT2D eigenvalue weighted by Crippen LogP contribution is -2.50. The maximum atomic E-state index is 2.34. The Kier molecular flexibility index (Phi) is 26.9. The van der Waals surface area contributed by atoms with Crippen molar-refractivity contribution in [2.24, 2.45) is 0 Å². The molecule has 0 aliphatic carbocycles. The number of rotatable bonds is 24. The topological polar surface area (TPSA) is 0 Å². The average molecular weight is 431 g/mol. The molecule has 0 rings (SSSR count). The van der Waals surface area contributed by atoms with E-state index in [1.165, 1.54) is 159 Å². The van der Waals surface area contributed by atoms with Crippen molar-refractivity contribution in [3.05, 3.63) is 0 Å². The Hall–Kier alpha value is -0.110. The molecule has 0 aliphatic heterocycles. The molecule has 0 N–H and O–H groups in total. The van der Waals surface area contributed by atoms with Crippen molar-refractivity contribution < 1.29 is 9.19 Å². The molecule has 0 saturated carbocycles. The monoisotopic (exact) mass is 430 g/mol. The third kappa shape index (κ3) is 19.8. The van der Waals surface area contributed by atoms with Crippen LogP contribution in [0.15, 0.2) is 0 Å². The quantitative estimate of drug-likeness (QED) is 0.105. The summed E-state index contributed by atoms with van der Waals surface area (Å²) in [6.45, 7) is 15.2. The first-order valence-corrected chi connectivity index (χ1v) is 14.1. The van der Waals surface area contributed by atoms with Crippen LogP contribution in [0.1, 0.15) is 156 Å². The van der Waals surface area contributed by atoms with E-state index in [0.717, 1.165) is 0 Å². The molecule has 2 heteroatoms. The van der Waals surface area contributed by atoms with Crippen molar-refractivity contribution in [2.75, 3.05) is 26.2 Å². The standard InChI is InChI=1S/C28H60N.FH/c1-5-9-13-17-21-25-29(26-22-18-14-10-6-2,27-23-19-15-11-7-3)28-24-20-16-12-8-4;/h5-28H2,1-4H3;1H/q+1;. The fourth-order valence-corrected chi connectivity index (χ4v) is 4.87. The summed E-state index contributed by atoms with van der Waals surface area (Å²) in [5.41, 5.74) is 0. The third-order valence-electron chi connectivity index (χ3n) is 6.94. The molecule has 0 spiro atoms. The van der Waals surface area contributed by atoms with Gasteiger partial charge in [-0.2, -0.15) is 0 Å². The molecule has 0 bridgehead atoms. The minimum absolute atomic E-state index is 0. The molecule has 0 saturated heterocycles. The van der Waals surface area contributed by atoms with Gasteiger partial charge in [0.1, 0.15) is 0 Å². The van der Waals surface area contributed by atoms with Crippen LogP contribution >= 0.6 is 0 Å². The molecule has 1 nitrogen and oxygen atoms in total. The Labute approximate surface area is 191 Å². The average Bonchev–Trinajstić information content (AvgIpc) is 2.73. The van der Waals surface area contributed by atoms with Crippen LogP contribution in [0.3, 0.4) is 0 Å². The zero-order valence-corrected chi connectivity index (χ0v) is 21.8. The molecule has 30 heavy (non-hydrogen) atoms. The van der Waals surface area contributed by atoms with Gasteiger partial charge >= 0.3 is 0 Å². The van der Waals surface area contributed by atoms with Crippen molar-refractivity contribution in [2.45, 2.75) is 156 Å². The van der Waals surface area contributed by atoms with Crippen molar-refractivity contribution >= 4 is 0 Å². The van der Waals surface area contributed by atoms with E-state index in [9.17, 15) is 0 Å². The van der Waals surface area contributed by atoms with Crippen LogP contribution in [0.5, 0.6) is 0 Å². The zero-order valence-electron chi connectivity index (χ0n) is 21.8. The van der Waals surface area contributed by atoms with Crippen LogP contribution in [-0.2, 0) is 0 Å². The van der Waals surface area contributed by atoms with Gasteiger partial charge in [-0.25, -0.2) is 0 Å². The molecule has 0 fully saturated rings. The summed E-state index contributed by atoms with van der Waals surface area (Å²) in [6, 6.07) is 0. The van der Waals surface area contributed by atoms with Crippen molar-refractivity contribution in [1.82, 2.24) is 0 Å². The second-order valence-electron chi connectivity index (χ2n) is 9.89. The van der Waals surface area contributed by atoms with Crippen LogP contribution in [-0.4, -0.2) is 30.7 Å². The number of unbranched alkanes of at least 4 members (excludes halogenated alkanes) is 16. The highest BCUT2D eigenvalue weighted by Gasteiger charge is 2.25. The van der Waals surface area contributed by atoms with Gasteiger partial charge in [-0.05, 0) is 51.4 Å². The van der Waals surface area contributed by atoms with Crippen molar-refractivity contribution in [1.29, 1.82) is 0 Å². The first kappa shape index (κ1) is 32.1. The number of quaternary nitrogens is 1. The van der Waals surface area contributed by atoms with E-state index < -0.39 is 0 Å². The molecule has 0 unspecified atom stereocenters. The summed E-state index contributed by atoms with van der Waals surface area (Å²) >= 11 is 0. The third-order valence-corrected chi connectivity index (χ3v) is 6.94. The summed E-state index contributed by atoms with van der Waals surface area (Å²) in [5, 5.41) is 0. The van der Waals surface area contributed by atoms with Crippen LogP contribution in [0, 0.1) is 0 Å². The second kappa shape index (κ2) is 25.2. The molecular weight excluding hydrogens is 369 g/mol. The predicted molar refractivity (Wildman–Crippen MR) is 137 cm³/mol. The molecule has 0 aromatic heterocycles. The SMILES string of the molecule is CCCCCCC[N+](CCCCCCC)(CCCCCCC)CCCCCCC.F. The van der Waals surface area contributed by atoms with E-state index in [2.05, 4.69) is 27.7 Å². The summed E-state index contributed by atoms with van der Waals surface area (Å²) in [5.74, 6) is 0. The van der Waals surface area contributed by atoms with Gasteiger partial charge in [0.25, 0.3) is 0 Å². The van der Waals surface area contributed by atoms with Crippen LogP contribution in [0.4, 0.5) is 4.70 Å². The van der Waals surface area contributed by atoms with Gasteiger partial charge < -0.3 is 4.48 Å². The Morgan fingerprint density at radius 2 is 0.500 bits per heavy atom. The maximum absolute atomic E-state index is 2.34. The first-order chi connectivity index (χ1) is 14.2. The minimum atomic E-state index is 0. The van der Waals surface area contributed by atoms with Crippen molar-refractivity contribution in [3.8, 4) is 0 Å². The van der Waals surface area contributed by atoms with E-state index in [4.69, 9.17) is 0 Å². The predicted octanol–water partition coefficient (Wildman–Crippen LogP) is 9.84. The smallest absolute Gasteiger partial charge is 0.0786 e. The largest absolute Gasteiger partial charge is 0.324 e. The summed E-state index contributed by atoms with van der Waals surface area (Å²) in [6.07, 6.45) is 28.8. The van der Waals surface area contributed by atoms with Gasteiger partial charge in [0.05, 0.1) is 26.2 Å². The molecule has 0 atom stereocenters. The Balaban J connectivity index is 0. The lowest BCUT2D eigenvalue weighted by atomic mass is 10.1. The maximum Gasteiger partial charge on any atom is 0.0786 e. The van der Waals surface area contributed by atoms with Crippen LogP contribution in [0.25, 0.3) is 0 Å². The number of hydrogen-bond acceptors (Lipinski definition) is 0. The lowest BCUT2D eigenvalue weighted by Gasteiger charge is -2.39. The normalized spacial score (nSPS) is 11.6. The molecule has 0 aromatic carbocycles. The van der Waals surface area contributed by atoms with Crippen LogP contribution < -0.4 is 0 Å². The molecule has 184 valence electrons. The molecule has 0 radical (unpaired) electrons. The van der Waals surface area contributed by atoms with Gasteiger partial charge in [0.2, 0.25) is 0 Å². The fourth-order valence-electron chi connectivity index (χ4n) is 4.87. The first-order valence-electron chi connectivity index (χ1n) is 14.1. The summed E-state index contributed by atoms with van der Waals surface area (Å²) < 4.78 is 1.47. The van der Waals surface area contributed by atoms with E-state index in [1.54, 1.807) is 0 Å². The second-order valence-corrected chi connectivity index (χ2v) is 9.89. The molecular formula is C28H61FN+. The van der Waals surface area contributed by atoms with Gasteiger partial charge in [0, 0.05) is 0 Å². The molecule has 0 heterocycles. The highest BCUT2D eigenvalue weighted by atomic mass is 19.0. The molecule has 0 amide bonds. The van der Waals surface area contributed by atoms with Gasteiger partial charge in [-0.1, -0.05) is 105 Å². The van der Waals surface area contributed by atoms with Gasteiger partial charge in [-0.15, -0.1) is 0 Å². The van der Waals surface area contributed by atoms with E-state index in [1.807, 2.05) is 0 Å². The fraction of sp³-hybridized carbons (Fsp3) is 1.00. The van der Waals surface area contributed by atoms with Gasteiger partial charge in [-0.3, -0.25) is 4.70 Å². The van der Waals surface area contributed by atoms with Gasteiger partial charge in [0.15, 0.2) is 0 Å². The van der Waals surface area contributed by atoms with Crippen LogP contribution in [0.2, 0.25) is 0 Å². The molecule has 0 aromatic rings. The Morgan fingerprint density at radius 3 is 0.700 bits per heavy atom. The number of hydrogen-bond donors (Lipinski definition) is 0. The molecule has 0 aliphatic rings. The zero-order chi connectivity index (χ0) is 21.5.